The number of likely N-dealkylation sites (N-methyl/N-ethyl adjacent to an activating group) is 1. The van der Waals surface area contributed by atoms with Crippen molar-refractivity contribution in [1.29, 1.82) is 0 Å². The first kappa shape index (κ1) is 15.1. The van der Waals surface area contributed by atoms with Gasteiger partial charge in [0.1, 0.15) is 5.75 Å². The predicted octanol–water partition coefficient (Wildman–Crippen LogP) is 3.60. The van der Waals surface area contributed by atoms with E-state index in [-0.39, 0.29) is 11.7 Å². The Morgan fingerprint density at radius 1 is 1.14 bits per heavy atom. The maximum absolute atomic E-state index is 12.6. The van der Waals surface area contributed by atoms with Crippen LogP contribution in [0.4, 0.5) is 5.69 Å². The van der Waals surface area contributed by atoms with E-state index >= 15 is 0 Å². The number of aromatic hydroxyl groups is 1. The van der Waals surface area contributed by atoms with E-state index in [9.17, 15) is 9.90 Å². The number of hydrogen-bond donors (Lipinski definition) is 1. The molecule has 0 aliphatic rings. The molecule has 0 fully saturated rings. The number of phenolic OH excluding ortho intramolecular Hbond substituents is 1. The van der Waals surface area contributed by atoms with Crippen molar-refractivity contribution in [3.05, 3.63) is 59.2 Å². The van der Waals surface area contributed by atoms with Crippen LogP contribution in [0, 0.1) is 13.8 Å². The average molecular weight is 283 g/mol. The van der Waals surface area contributed by atoms with E-state index in [0.717, 1.165) is 22.4 Å². The molecule has 0 aromatic heterocycles. The monoisotopic (exact) mass is 283 g/mol. The third kappa shape index (κ3) is 3.63. The summed E-state index contributed by atoms with van der Waals surface area (Å²) in [6.07, 6.45) is 0.366. The van der Waals surface area contributed by atoms with E-state index in [1.54, 1.807) is 17.0 Å². The third-order valence-electron chi connectivity index (χ3n) is 3.54. The van der Waals surface area contributed by atoms with Crippen molar-refractivity contribution < 1.29 is 9.90 Å². The van der Waals surface area contributed by atoms with Crippen molar-refractivity contribution in [3.63, 3.8) is 0 Å². The van der Waals surface area contributed by atoms with Crippen LogP contribution in [-0.4, -0.2) is 17.6 Å². The van der Waals surface area contributed by atoms with Gasteiger partial charge in [0.2, 0.25) is 5.91 Å². The molecule has 0 spiro atoms. The molecule has 0 radical (unpaired) electrons. The summed E-state index contributed by atoms with van der Waals surface area (Å²) in [5.74, 6) is 0.217. The molecule has 21 heavy (non-hydrogen) atoms. The molecular weight excluding hydrogens is 262 g/mol. The molecule has 0 aliphatic heterocycles. The molecule has 2 aromatic carbocycles. The SMILES string of the molecule is CCN(C(=O)Cc1cccc(C)c1)c1cc(O)ccc1C. The second kappa shape index (κ2) is 6.44. The minimum Gasteiger partial charge on any atom is -0.508 e. The van der Waals surface area contributed by atoms with Gasteiger partial charge < -0.3 is 10.0 Å². The predicted molar refractivity (Wildman–Crippen MR) is 85.8 cm³/mol. The minimum atomic E-state index is 0.0387. The fourth-order valence-corrected chi connectivity index (χ4v) is 2.46. The van der Waals surface area contributed by atoms with Crippen molar-refractivity contribution in [2.24, 2.45) is 0 Å². The smallest absolute Gasteiger partial charge is 0.231 e. The maximum atomic E-state index is 12.6. The second-order valence-electron chi connectivity index (χ2n) is 5.27. The summed E-state index contributed by atoms with van der Waals surface area (Å²) in [4.78, 5) is 14.3. The Morgan fingerprint density at radius 2 is 1.90 bits per heavy atom. The molecule has 3 nitrogen and oxygen atoms in total. The fourth-order valence-electron chi connectivity index (χ4n) is 2.46. The molecule has 0 aliphatic carbocycles. The Morgan fingerprint density at radius 3 is 2.57 bits per heavy atom. The van der Waals surface area contributed by atoms with Crippen molar-refractivity contribution in [2.45, 2.75) is 27.2 Å². The van der Waals surface area contributed by atoms with E-state index in [0.29, 0.717) is 13.0 Å². The van der Waals surface area contributed by atoms with Crippen LogP contribution < -0.4 is 4.90 Å². The van der Waals surface area contributed by atoms with Gasteiger partial charge in [-0.05, 0) is 38.0 Å². The topological polar surface area (TPSA) is 40.5 Å². The Hall–Kier alpha value is -2.29. The molecule has 0 saturated heterocycles. The second-order valence-corrected chi connectivity index (χ2v) is 5.27. The Kier molecular flexibility index (Phi) is 4.63. The van der Waals surface area contributed by atoms with Crippen LogP contribution in [0.15, 0.2) is 42.5 Å². The highest BCUT2D eigenvalue weighted by Gasteiger charge is 2.16. The number of anilines is 1. The first-order valence-electron chi connectivity index (χ1n) is 7.16. The molecule has 0 bridgehead atoms. The van der Waals surface area contributed by atoms with Crippen molar-refractivity contribution in [3.8, 4) is 5.75 Å². The van der Waals surface area contributed by atoms with Crippen LogP contribution >= 0.6 is 0 Å². The summed E-state index contributed by atoms with van der Waals surface area (Å²) < 4.78 is 0. The fraction of sp³-hybridized carbons (Fsp3) is 0.278. The van der Waals surface area contributed by atoms with E-state index < -0.39 is 0 Å². The lowest BCUT2D eigenvalue weighted by Gasteiger charge is -2.23. The van der Waals surface area contributed by atoms with E-state index in [1.165, 1.54) is 0 Å². The van der Waals surface area contributed by atoms with Gasteiger partial charge in [-0.1, -0.05) is 35.9 Å². The zero-order chi connectivity index (χ0) is 15.4. The highest BCUT2D eigenvalue weighted by Crippen LogP contribution is 2.25. The molecule has 1 amide bonds. The van der Waals surface area contributed by atoms with Crippen LogP contribution in [0.1, 0.15) is 23.6 Å². The van der Waals surface area contributed by atoms with E-state index in [4.69, 9.17) is 0 Å². The largest absolute Gasteiger partial charge is 0.508 e. The number of nitrogens with zero attached hydrogens (tertiary/aromatic N) is 1. The summed E-state index contributed by atoms with van der Waals surface area (Å²) in [5.41, 5.74) is 3.91. The van der Waals surface area contributed by atoms with Crippen LogP contribution in [0.25, 0.3) is 0 Å². The molecule has 0 atom stereocenters. The molecule has 3 heteroatoms. The minimum absolute atomic E-state index is 0.0387. The van der Waals surface area contributed by atoms with Gasteiger partial charge in [0, 0.05) is 12.6 Å². The Balaban J connectivity index is 2.24. The number of aryl methyl sites for hydroxylation is 2. The van der Waals surface area contributed by atoms with Crippen LogP contribution in [-0.2, 0) is 11.2 Å². The number of amides is 1. The van der Waals surface area contributed by atoms with Gasteiger partial charge in [-0.3, -0.25) is 4.79 Å². The van der Waals surface area contributed by atoms with Crippen LogP contribution in [0.5, 0.6) is 5.75 Å². The number of carbonyl (C=O) groups excluding carboxylic acids is 1. The van der Waals surface area contributed by atoms with Gasteiger partial charge in [0.05, 0.1) is 12.1 Å². The quantitative estimate of drug-likeness (QED) is 0.931. The first-order valence-corrected chi connectivity index (χ1v) is 7.16. The van der Waals surface area contributed by atoms with Gasteiger partial charge >= 0.3 is 0 Å². The zero-order valence-electron chi connectivity index (χ0n) is 12.8. The van der Waals surface area contributed by atoms with Gasteiger partial charge in [-0.25, -0.2) is 0 Å². The number of rotatable bonds is 4. The third-order valence-corrected chi connectivity index (χ3v) is 3.54. The van der Waals surface area contributed by atoms with Crippen molar-refractivity contribution >= 4 is 11.6 Å². The number of hydrogen-bond acceptors (Lipinski definition) is 2. The molecule has 2 rings (SSSR count). The van der Waals surface area contributed by atoms with Gasteiger partial charge in [-0.2, -0.15) is 0 Å². The molecule has 0 unspecified atom stereocenters. The van der Waals surface area contributed by atoms with E-state index in [2.05, 4.69) is 0 Å². The van der Waals surface area contributed by atoms with Gasteiger partial charge in [-0.15, -0.1) is 0 Å². The number of benzene rings is 2. The van der Waals surface area contributed by atoms with Crippen molar-refractivity contribution in [1.82, 2.24) is 0 Å². The highest BCUT2D eigenvalue weighted by molar-refractivity contribution is 5.95. The summed E-state index contributed by atoms with van der Waals surface area (Å²) in [5, 5.41) is 9.65. The summed E-state index contributed by atoms with van der Waals surface area (Å²) >= 11 is 0. The Labute approximate surface area is 125 Å². The number of phenols is 1. The van der Waals surface area contributed by atoms with Crippen LogP contribution in [0.3, 0.4) is 0 Å². The molecule has 110 valence electrons. The lowest BCUT2D eigenvalue weighted by molar-refractivity contribution is -0.117. The standard InChI is InChI=1S/C18H21NO2/c1-4-19(17-12-16(20)9-8-14(17)3)18(21)11-15-7-5-6-13(2)10-15/h5-10,12,20H,4,11H2,1-3H3. The summed E-state index contributed by atoms with van der Waals surface area (Å²) in [6.45, 7) is 6.48. The lowest BCUT2D eigenvalue weighted by Crippen LogP contribution is -2.32. The molecule has 1 N–H and O–H groups in total. The Bertz CT molecular complexity index is 649. The van der Waals surface area contributed by atoms with Crippen molar-refractivity contribution in [2.75, 3.05) is 11.4 Å². The molecular formula is C18H21NO2. The zero-order valence-corrected chi connectivity index (χ0v) is 12.8. The molecule has 0 heterocycles. The maximum Gasteiger partial charge on any atom is 0.231 e. The summed E-state index contributed by atoms with van der Waals surface area (Å²) in [7, 11) is 0. The first-order chi connectivity index (χ1) is 10.0. The highest BCUT2D eigenvalue weighted by atomic mass is 16.3. The van der Waals surface area contributed by atoms with Crippen LogP contribution in [0.2, 0.25) is 0 Å². The number of carbonyl (C=O) groups is 1. The van der Waals surface area contributed by atoms with E-state index in [1.807, 2.05) is 51.1 Å². The van der Waals surface area contributed by atoms with Gasteiger partial charge in [0.15, 0.2) is 0 Å². The lowest BCUT2D eigenvalue weighted by atomic mass is 10.1. The molecule has 2 aromatic rings. The average Bonchev–Trinajstić information content (AvgIpc) is 2.43. The molecule has 0 saturated carbocycles. The normalized spacial score (nSPS) is 10.4. The summed E-state index contributed by atoms with van der Waals surface area (Å²) in [6, 6.07) is 13.1. The van der Waals surface area contributed by atoms with Gasteiger partial charge in [0.25, 0.3) is 0 Å².